The van der Waals surface area contributed by atoms with Gasteiger partial charge in [-0.05, 0) is 23.8 Å². The Balaban J connectivity index is 2.28. The fraction of sp³-hybridized carbons (Fsp3) is 0.167. The van der Waals surface area contributed by atoms with Gasteiger partial charge < -0.3 is 5.32 Å². The molecule has 0 saturated carbocycles. The topological polar surface area (TPSA) is 98.3 Å². The number of thiophene rings is 1. The highest BCUT2D eigenvalue weighted by Crippen LogP contribution is 2.40. The van der Waals surface area contributed by atoms with Gasteiger partial charge in [-0.1, -0.05) is 30.3 Å². The SMILES string of the molecule is C[C@H](Nc1sc([N+](=O)[O-])cc1[N+](=O)[O-])c1ccccc1. The minimum atomic E-state index is -0.629. The Kier molecular flexibility index (Phi) is 3.94. The van der Waals surface area contributed by atoms with Crippen LogP contribution in [0.2, 0.25) is 0 Å². The van der Waals surface area contributed by atoms with Crippen molar-refractivity contribution in [1.82, 2.24) is 0 Å². The van der Waals surface area contributed by atoms with Crippen LogP contribution in [0, 0.1) is 20.2 Å². The van der Waals surface area contributed by atoms with Gasteiger partial charge in [-0.2, -0.15) is 0 Å². The van der Waals surface area contributed by atoms with Crippen molar-refractivity contribution >= 4 is 27.0 Å². The van der Waals surface area contributed by atoms with Crippen molar-refractivity contribution in [2.24, 2.45) is 0 Å². The van der Waals surface area contributed by atoms with E-state index in [-0.39, 0.29) is 21.7 Å². The first-order valence-corrected chi connectivity index (χ1v) is 6.54. The summed E-state index contributed by atoms with van der Waals surface area (Å²) in [6, 6.07) is 10.1. The number of hydrogen-bond acceptors (Lipinski definition) is 6. The van der Waals surface area contributed by atoms with Gasteiger partial charge >= 0.3 is 10.7 Å². The lowest BCUT2D eigenvalue weighted by Crippen LogP contribution is -2.06. The number of anilines is 1. The van der Waals surface area contributed by atoms with E-state index < -0.39 is 9.85 Å². The molecule has 0 radical (unpaired) electrons. The standard InChI is InChI=1S/C12H11N3O4S/c1-8(9-5-3-2-4-6-9)13-12-10(14(16)17)7-11(20-12)15(18)19/h2-8,13H,1H3/t8-/m0/s1. The summed E-state index contributed by atoms with van der Waals surface area (Å²) in [6.07, 6.45) is 0. The zero-order valence-electron chi connectivity index (χ0n) is 10.5. The van der Waals surface area contributed by atoms with Gasteiger partial charge in [0.25, 0.3) is 0 Å². The van der Waals surface area contributed by atoms with Crippen LogP contribution in [0.4, 0.5) is 15.7 Å². The van der Waals surface area contributed by atoms with E-state index in [4.69, 9.17) is 0 Å². The Labute approximate surface area is 118 Å². The molecule has 1 atom stereocenters. The lowest BCUT2D eigenvalue weighted by Gasteiger charge is -2.13. The molecule has 1 heterocycles. The average Bonchev–Trinajstić information content (AvgIpc) is 2.84. The maximum absolute atomic E-state index is 10.9. The van der Waals surface area contributed by atoms with E-state index in [1.165, 1.54) is 0 Å². The summed E-state index contributed by atoms with van der Waals surface area (Å²) < 4.78 is 0. The van der Waals surface area contributed by atoms with Crippen LogP contribution < -0.4 is 5.32 Å². The number of rotatable bonds is 5. The van der Waals surface area contributed by atoms with Crippen LogP contribution in [0.5, 0.6) is 0 Å². The summed E-state index contributed by atoms with van der Waals surface area (Å²) >= 11 is 0.767. The summed E-state index contributed by atoms with van der Waals surface area (Å²) in [5.74, 6) is 0. The molecule has 1 aromatic heterocycles. The quantitative estimate of drug-likeness (QED) is 0.668. The van der Waals surface area contributed by atoms with E-state index in [0.717, 1.165) is 23.0 Å². The number of benzene rings is 1. The van der Waals surface area contributed by atoms with Gasteiger partial charge in [-0.25, -0.2) is 0 Å². The third kappa shape index (κ3) is 2.91. The molecule has 0 spiro atoms. The molecule has 2 rings (SSSR count). The summed E-state index contributed by atoms with van der Waals surface area (Å²) in [5.41, 5.74) is 0.669. The molecule has 104 valence electrons. The Hall–Kier alpha value is -2.48. The Morgan fingerprint density at radius 3 is 2.35 bits per heavy atom. The van der Waals surface area contributed by atoms with Crippen LogP contribution in [0.15, 0.2) is 36.4 Å². The minimum Gasteiger partial charge on any atom is -0.365 e. The third-order valence-corrected chi connectivity index (χ3v) is 3.73. The van der Waals surface area contributed by atoms with E-state index >= 15 is 0 Å². The molecule has 0 unspecified atom stereocenters. The Morgan fingerprint density at radius 1 is 1.15 bits per heavy atom. The van der Waals surface area contributed by atoms with Crippen molar-refractivity contribution in [3.8, 4) is 0 Å². The van der Waals surface area contributed by atoms with E-state index in [0.29, 0.717) is 0 Å². The molecule has 0 bridgehead atoms. The molecule has 0 saturated heterocycles. The molecule has 1 N–H and O–H groups in total. The number of nitrogens with one attached hydrogen (secondary N) is 1. The molecule has 0 aliphatic carbocycles. The highest BCUT2D eigenvalue weighted by molar-refractivity contribution is 7.19. The number of hydrogen-bond donors (Lipinski definition) is 1. The molecule has 0 amide bonds. The number of nitrogens with zero attached hydrogens (tertiary/aromatic N) is 2. The summed E-state index contributed by atoms with van der Waals surface area (Å²) in [4.78, 5) is 20.4. The first-order chi connectivity index (χ1) is 9.49. The van der Waals surface area contributed by atoms with Crippen molar-refractivity contribution in [2.75, 3.05) is 5.32 Å². The molecule has 8 heteroatoms. The van der Waals surface area contributed by atoms with Gasteiger partial charge in [0, 0.05) is 6.04 Å². The van der Waals surface area contributed by atoms with E-state index in [1.807, 2.05) is 37.3 Å². The van der Waals surface area contributed by atoms with Gasteiger partial charge in [0.2, 0.25) is 0 Å². The zero-order valence-corrected chi connectivity index (χ0v) is 11.3. The molecule has 20 heavy (non-hydrogen) atoms. The highest BCUT2D eigenvalue weighted by Gasteiger charge is 2.25. The molecule has 0 fully saturated rings. The van der Waals surface area contributed by atoms with Gasteiger partial charge in [0.1, 0.15) is 6.07 Å². The predicted octanol–water partition coefficient (Wildman–Crippen LogP) is 3.74. The van der Waals surface area contributed by atoms with Gasteiger partial charge in [0.15, 0.2) is 5.00 Å². The normalized spacial score (nSPS) is 11.8. The first-order valence-electron chi connectivity index (χ1n) is 5.73. The molecule has 7 nitrogen and oxygen atoms in total. The van der Waals surface area contributed by atoms with Crippen LogP contribution >= 0.6 is 11.3 Å². The second-order valence-corrected chi connectivity index (χ2v) is 5.12. The van der Waals surface area contributed by atoms with Crippen LogP contribution in [0.1, 0.15) is 18.5 Å². The van der Waals surface area contributed by atoms with Crippen molar-refractivity contribution in [3.63, 3.8) is 0 Å². The van der Waals surface area contributed by atoms with Crippen LogP contribution in [-0.4, -0.2) is 9.85 Å². The molecular weight excluding hydrogens is 282 g/mol. The maximum Gasteiger partial charge on any atom is 0.333 e. The van der Waals surface area contributed by atoms with Crippen LogP contribution in [-0.2, 0) is 0 Å². The van der Waals surface area contributed by atoms with Crippen molar-refractivity contribution in [3.05, 3.63) is 62.2 Å². The molecule has 2 aromatic rings. The minimum absolute atomic E-state index is 0.187. The largest absolute Gasteiger partial charge is 0.365 e. The molecule has 1 aromatic carbocycles. The summed E-state index contributed by atoms with van der Waals surface area (Å²) in [6.45, 7) is 1.84. The van der Waals surface area contributed by atoms with E-state index in [9.17, 15) is 20.2 Å². The fourth-order valence-corrected chi connectivity index (χ4v) is 2.65. The third-order valence-electron chi connectivity index (χ3n) is 2.72. The van der Waals surface area contributed by atoms with Gasteiger partial charge in [-0.3, -0.25) is 20.2 Å². The second-order valence-electron chi connectivity index (χ2n) is 4.09. The van der Waals surface area contributed by atoms with Crippen molar-refractivity contribution < 1.29 is 9.85 Å². The van der Waals surface area contributed by atoms with Crippen LogP contribution in [0.25, 0.3) is 0 Å². The lowest BCUT2D eigenvalue weighted by molar-refractivity contribution is -0.389. The van der Waals surface area contributed by atoms with E-state index in [2.05, 4.69) is 5.32 Å². The van der Waals surface area contributed by atoms with Gasteiger partial charge in [0.05, 0.1) is 9.85 Å². The van der Waals surface area contributed by atoms with Crippen molar-refractivity contribution in [1.29, 1.82) is 0 Å². The fourth-order valence-electron chi connectivity index (χ4n) is 1.72. The summed E-state index contributed by atoms with van der Waals surface area (Å²) in [5, 5.41) is 24.5. The lowest BCUT2D eigenvalue weighted by atomic mass is 10.1. The summed E-state index contributed by atoms with van der Waals surface area (Å²) in [7, 11) is 0. The second kappa shape index (κ2) is 5.66. The zero-order chi connectivity index (χ0) is 14.7. The van der Waals surface area contributed by atoms with Crippen LogP contribution in [0.3, 0.4) is 0 Å². The monoisotopic (exact) mass is 293 g/mol. The smallest absolute Gasteiger partial charge is 0.333 e. The Morgan fingerprint density at radius 2 is 1.80 bits per heavy atom. The Bertz CT molecular complexity index is 641. The highest BCUT2D eigenvalue weighted by atomic mass is 32.1. The first kappa shape index (κ1) is 13.9. The van der Waals surface area contributed by atoms with Crippen molar-refractivity contribution in [2.45, 2.75) is 13.0 Å². The van der Waals surface area contributed by atoms with E-state index in [1.54, 1.807) is 0 Å². The maximum atomic E-state index is 10.9. The molecule has 0 aliphatic rings. The van der Waals surface area contributed by atoms with Gasteiger partial charge in [-0.15, -0.1) is 0 Å². The molecular formula is C12H11N3O4S. The molecule has 0 aliphatic heterocycles. The number of nitro groups is 2. The predicted molar refractivity (Wildman–Crippen MR) is 76.1 cm³/mol. The average molecular weight is 293 g/mol.